The minimum absolute atomic E-state index is 0.366. The number of aromatic nitrogens is 1. The summed E-state index contributed by atoms with van der Waals surface area (Å²) in [6, 6.07) is 26.1. The van der Waals surface area contributed by atoms with Crippen molar-refractivity contribution in [3.63, 3.8) is 0 Å². The van der Waals surface area contributed by atoms with Crippen molar-refractivity contribution in [2.24, 2.45) is 0 Å². The molecule has 100 valence electrons. The minimum Gasteiger partial charge on any atom is -0.351 e. The highest BCUT2D eigenvalue weighted by Gasteiger charge is 2.21. The van der Waals surface area contributed by atoms with Crippen LogP contribution in [-0.2, 0) is 0 Å². The van der Waals surface area contributed by atoms with Crippen LogP contribution in [0.3, 0.4) is 0 Å². The van der Waals surface area contributed by atoms with Gasteiger partial charge in [0.2, 0.25) is 0 Å². The van der Waals surface area contributed by atoms with Gasteiger partial charge in [0.05, 0.1) is 0 Å². The number of rotatable bonds is 4. The van der Waals surface area contributed by atoms with E-state index in [0.29, 0.717) is 12.0 Å². The molecule has 0 N–H and O–H groups in total. The fraction of sp³-hybridized carbons (Fsp3) is 0.158. The van der Waals surface area contributed by atoms with E-state index >= 15 is 0 Å². The lowest BCUT2D eigenvalue weighted by Crippen LogP contribution is -2.15. The van der Waals surface area contributed by atoms with Crippen LogP contribution in [-0.4, -0.2) is 4.57 Å². The largest absolute Gasteiger partial charge is 0.351 e. The highest BCUT2D eigenvalue weighted by molar-refractivity contribution is 5.33. The molecule has 0 aliphatic carbocycles. The van der Waals surface area contributed by atoms with Gasteiger partial charge in [0.25, 0.3) is 0 Å². The number of benzene rings is 2. The summed E-state index contributed by atoms with van der Waals surface area (Å²) in [5.41, 5.74) is 2.72. The van der Waals surface area contributed by atoms with Crippen LogP contribution in [0.5, 0.6) is 0 Å². The van der Waals surface area contributed by atoms with Crippen LogP contribution in [0.4, 0.5) is 0 Å². The molecule has 0 spiro atoms. The predicted molar refractivity (Wildman–Crippen MR) is 83.9 cm³/mol. The van der Waals surface area contributed by atoms with E-state index in [9.17, 15) is 0 Å². The zero-order valence-electron chi connectivity index (χ0n) is 11.7. The molecular formula is C19H19N. The average Bonchev–Trinajstić information content (AvgIpc) is 3.04. The van der Waals surface area contributed by atoms with E-state index in [0.717, 1.165) is 0 Å². The van der Waals surface area contributed by atoms with Gasteiger partial charge in [-0.3, -0.25) is 0 Å². The molecule has 0 fully saturated rings. The van der Waals surface area contributed by atoms with Crippen molar-refractivity contribution >= 4 is 0 Å². The molecule has 0 radical (unpaired) electrons. The Kier molecular flexibility index (Phi) is 3.69. The zero-order chi connectivity index (χ0) is 13.8. The van der Waals surface area contributed by atoms with E-state index in [1.54, 1.807) is 0 Å². The number of nitrogens with zero attached hydrogens (tertiary/aromatic N) is 1. The Balaban J connectivity index is 2.05. The monoisotopic (exact) mass is 261 g/mol. The third-order valence-electron chi connectivity index (χ3n) is 3.90. The Hall–Kier alpha value is -2.28. The Labute approximate surface area is 120 Å². The molecule has 0 bridgehead atoms. The molecular weight excluding hydrogens is 242 g/mol. The molecule has 1 aromatic heterocycles. The fourth-order valence-corrected chi connectivity index (χ4v) is 2.86. The van der Waals surface area contributed by atoms with Crippen LogP contribution >= 0.6 is 0 Å². The van der Waals surface area contributed by atoms with Crippen molar-refractivity contribution in [1.82, 2.24) is 4.57 Å². The van der Waals surface area contributed by atoms with Crippen LogP contribution in [0.2, 0.25) is 0 Å². The molecule has 1 heteroatoms. The van der Waals surface area contributed by atoms with Crippen LogP contribution in [0.25, 0.3) is 0 Å². The van der Waals surface area contributed by atoms with Gasteiger partial charge in [-0.1, -0.05) is 60.7 Å². The quantitative estimate of drug-likeness (QED) is 0.630. The number of hydrogen-bond acceptors (Lipinski definition) is 0. The van der Waals surface area contributed by atoms with Crippen LogP contribution in [0.1, 0.15) is 30.0 Å². The third kappa shape index (κ3) is 2.53. The average molecular weight is 261 g/mol. The van der Waals surface area contributed by atoms with Gasteiger partial charge in [-0.25, -0.2) is 0 Å². The Morgan fingerprint density at radius 1 is 0.650 bits per heavy atom. The summed E-state index contributed by atoms with van der Waals surface area (Å²) in [7, 11) is 0. The van der Waals surface area contributed by atoms with Crippen molar-refractivity contribution in [3.8, 4) is 0 Å². The summed E-state index contributed by atoms with van der Waals surface area (Å²) in [5, 5.41) is 0. The maximum absolute atomic E-state index is 2.28. The van der Waals surface area contributed by atoms with Gasteiger partial charge in [-0.2, -0.15) is 0 Å². The Morgan fingerprint density at radius 3 is 1.55 bits per heavy atom. The first-order chi connectivity index (χ1) is 9.86. The van der Waals surface area contributed by atoms with E-state index in [1.165, 1.54) is 11.1 Å². The highest BCUT2D eigenvalue weighted by Crippen LogP contribution is 2.34. The molecule has 0 aliphatic rings. The standard InChI is InChI=1S/C19H19N/c1-16(20-14-8-9-15-20)19(17-10-4-2-5-11-17)18-12-6-3-7-13-18/h2-16,19H,1H3. The van der Waals surface area contributed by atoms with Crippen LogP contribution in [0, 0.1) is 0 Å². The second-order valence-corrected chi connectivity index (χ2v) is 5.17. The highest BCUT2D eigenvalue weighted by atomic mass is 15.0. The molecule has 1 atom stereocenters. The van der Waals surface area contributed by atoms with Gasteiger partial charge in [-0.05, 0) is 30.2 Å². The summed E-state index contributed by atoms with van der Waals surface area (Å²) in [6.07, 6.45) is 4.28. The van der Waals surface area contributed by atoms with Gasteiger partial charge in [-0.15, -0.1) is 0 Å². The molecule has 0 amide bonds. The van der Waals surface area contributed by atoms with Crippen LogP contribution in [0.15, 0.2) is 85.2 Å². The molecule has 0 saturated carbocycles. The molecule has 1 heterocycles. The SMILES string of the molecule is CC(C(c1ccccc1)c1ccccc1)n1cccc1. The van der Waals surface area contributed by atoms with Crippen molar-refractivity contribution in [3.05, 3.63) is 96.3 Å². The molecule has 20 heavy (non-hydrogen) atoms. The molecule has 1 nitrogen and oxygen atoms in total. The van der Waals surface area contributed by atoms with E-state index in [4.69, 9.17) is 0 Å². The lowest BCUT2D eigenvalue weighted by atomic mass is 9.86. The van der Waals surface area contributed by atoms with E-state index in [2.05, 4.69) is 96.7 Å². The van der Waals surface area contributed by atoms with Gasteiger partial charge in [0.1, 0.15) is 0 Å². The molecule has 3 aromatic rings. The van der Waals surface area contributed by atoms with Crippen molar-refractivity contribution in [2.75, 3.05) is 0 Å². The van der Waals surface area contributed by atoms with E-state index in [1.807, 2.05) is 0 Å². The van der Waals surface area contributed by atoms with Gasteiger partial charge in [0, 0.05) is 24.4 Å². The molecule has 2 aromatic carbocycles. The maximum Gasteiger partial charge on any atom is 0.0411 e. The van der Waals surface area contributed by atoms with E-state index < -0.39 is 0 Å². The lowest BCUT2D eigenvalue weighted by Gasteiger charge is -2.26. The molecule has 0 aliphatic heterocycles. The van der Waals surface area contributed by atoms with Crippen molar-refractivity contribution in [2.45, 2.75) is 18.9 Å². The van der Waals surface area contributed by atoms with Crippen LogP contribution < -0.4 is 0 Å². The topological polar surface area (TPSA) is 4.93 Å². The first kappa shape index (κ1) is 12.7. The normalized spacial score (nSPS) is 12.5. The Bertz CT molecular complexity index is 587. The minimum atomic E-state index is 0.366. The molecule has 0 saturated heterocycles. The second-order valence-electron chi connectivity index (χ2n) is 5.17. The second kappa shape index (κ2) is 5.79. The first-order valence-corrected chi connectivity index (χ1v) is 7.08. The lowest BCUT2D eigenvalue weighted by molar-refractivity contribution is 0.491. The summed E-state index contributed by atoms with van der Waals surface area (Å²) >= 11 is 0. The van der Waals surface area contributed by atoms with Gasteiger partial charge in [0.15, 0.2) is 0 Å². The number of hydrogen-bond donors (Lipinski definition) is 0. The maximum atomic E-state index is 2.28. The summed E-state index contributed by atoms with van der Waals surface area (Å²) in [5.74, 6) is 0.366. The van der Waals surface area contributed by atoms with Gasteiger partial charge < -0.3 is 4.57 Å². The smallest absolute Gasteiger partial charge is 0.0411 e. The molecule has 1 unspecified atom stereocenters. The summed E-state index contributed by atoms with van der Waals surface area (Å²) in [6.45, 7) is 2.28. The fourth-order valence-electron chi connectivity index (χ4n) is 2.86. The third-order valence-corrected chi connectivity index (χ3v) is 3.90. The molecule has 3 rings (SSSR count). The predicted octanol–water partition coefficient (Wildman–Crippen LogP) is 4.88. The van der Waals surface area contributed by atoms with Crippen molar-refractivity contribution in [1.29, 1.82) is 0 Å². The summed E-state index contributed by atoms with van der Waals surface area (Å²) in [4.78, 5) is 0. The van der Waals surface area contributed by atoms with Crippen molar-refractivity contribution < 1.29 is 0 Å². The van der Waals surface area contributed by atoms with Gasteiger partial charge >= 0.3 is 0 Å². The summed E-state index contributed by atoms with van der Waals surface area (Å²) < 4.78 is 2.28. The Morgan fingerprint density at radius 2 is 1.10 bits per heavy atom. The first-order valence-electron chi connectivity index (χ1n) is 7.08. The van der Waals surface area contributed by atoms with E-state index in [-0.39, 0.29) is 0 Å². The zero-order valence-corrected chi connectivity index (χ0v) is 11.7.